The maximum absolute atomic E-state index is 10.5. The molecule has 0 bridgehead atoms. The molecular formula is C11H17NO5. The van der Waals surface area contributed by atoms with E-state index in [2.05, 4.69) is 0 Å². The van der Waals surface area contributed by atoms with Crippen molar-refractivity contribution < 1.29 is 19.9 Å². The fraction of sp³-hybridized carbons (Fsp3) is 0.455. The van der Waals surface area contributed by atoms with Crippen LogP contribution in [-0.4, -0.2) is 34.5 Å². The molecule has 0 aliphatic carbocycles. The van der Waals surface area contributed by atoms with Crippen molar-refractivity contribution in [3.8, 4) is 5.75 Å². The van der Waals surface area contributed by atoms with E-state index in [1.807, 2.05) is 13.8 Å². The maximum atomic E-state index is 10.5. The summed E-state index contributed by atoms with van der Waals surface area (Å²) in [6, 6.07) is 5.85. The number of nitro benzene ring substituents is 1. The van der Waals surface area contributed by atoms with Crippen LogP contribution in [-0.2, 0) is 0 Å². The van der Waals surface area contributed by atoms with Gasteiger partial charge in [-0.3, -0.25) is 10.1 Å². The first-order valence-electron chi connectivity index (χ1n) is 5.30. The summed E-state index contributed by atoms with van der Waals surface area (Å²) in [5, 5.41) is 28.1. The van der Waals surface area contributed by atoms with Crippen molar-refractivity contribution in [1.82, 2.24) is 0 Å². The van der Waals surface area contributed by atoms with Crippen molar-refractivity contribution in [2.24, 2.45) is 0 Å². The Labute approximate surface area is 99.6 Å². The quantitative estimate of drug-likeness (QED) is 0.601. The number of nitrogens with zero attached hydrogens (tertiary/aromatic N) is 1. The van der Waals surface area contributed by atoms with E-state index in [1.165, 1.54) is 18.2 Å². The van der Waals surface area contributed by atoms with Crippen LogP contribution in [0.2, 0.25) is 0 Å². The van der Waals surface area contributed by atoms with Gasteiger partial charge in [-0.25, -0.2) is 0 Å². The lowest BCUT2D eigenvalue weighted by atomic mass is 10.3. The third-order valence-corrected chi connectivity index (χ3v) is 1.70. The number of benzene rings is 1. The number of ether oxygens (including phenoxy) is 1. The number of nitro groups is 1. The SMILES string of the molecule is CC.O=[N+]([O-])c1ccccc1OCC(O)CO. The highest BCUT2D eigenvalue weighted by Gasteiger charge is 2.14. The van der Waals surface area contributed by atoms with E-state index in [4.69, 9.17) is 14.9 Å². The zero-order valence-corrected chi connectivity index (χ0v) is 9.87. The maximum Gasteiger partial charge on any atom is 0.310 e. The summed E-state index contributed by atoms with van der Waals surface area (Å²) in [6.45, 7) is 3.38. The molecule has 0 spiro atoms. The minimum absolute atomic E-state index is 0.0787. The van der Waals surface area contributed by atoms with E-state index in [-0.39, 0.29) is 18.0 Å². The van der Waals surface area contributed by atoms with Gasteiger partial charge in [0.2, 0.25) is 0 Å². The van der Waals surface area contributed by atoms with Crippen LogP contribution in [0.4, 0.5) is 5.69 Å². The van der Waals surface area contributed by atoms with Gasteiger partial charge in [-0.05, 0) is 6.07 Å². The molecule has 0 aliphatic heterocycles. The fourth-order valence-corrected chi connectivity index (χ4v) is 0.969. The lowest BCUT2D eigenvalue weighted by molar-refractivity contribution is -0.385. The van der Waals surface area contributed by atoms with E-state index in [9.17, 15) is 10.1 Å². The van der Waals surface area contributed by atoms with Gasteiger partial charge in [-0.2, -0.15) is 0 Å². The summed E-state index contributed by atoms with van der Waals surface area (Å²) >= 11 is 0. The largest absolute Gasteiger partial charge is 0.484 e. The summed E-state index contributed by atoms with van der Waals surface area (Å²) in [5.41, 5.74) is -0.164. The lowest BCUT2D eigenvalue weighted by Gasteiger charge is -2.09. The van der Waals surface area contributed by atoms with Crippen molar-refractivity contribution in [3.63, 3.8) is 0 Å². The predicted octanol–water partition coefficient (Wildman–Crippen LogP) is 1.35. The first-order chi connectivity index (χ1) is 8.15. The molecule has 0 saturated heterocycles. The van der Waals surface area contributed by atoms with Crippen molar-refractivity contribution >= 4 is 5.69 Å². The molecule has 17 heavy (non-hydrogen) atoms. The van der Waals surface area contributed by atoms with Gasteiger partial charge in [0.25, 0.3) is 0 Å². The highest BCUT2D eigenvalue weighted by atomic mass is 16.6. The topological polar surface area (TPSA) is 92.8 Å². The second kappa shape index (κ2) is 8.49. The summed E-state index contributed by atoms with van der Waals surface area (Å²) in [7, 11) is 0. The first-order valence-corrected chi connectivity index (χ1v) is 5.30. The van der Waals surface area contributed by atoms with Crippen LogP contribution in [0.1, 0.15) is 13.8 Å². The number of aliphatic hydroxyl groups is 2. The Morgan fingerprint density at radius 3 is 2.53 bits per heavy atom. The van der Waals surface area contributed by atoms with Crippen molar-refractivity contribution in [3.05, 3.63) is 34.4 Å². The molecule has 6 nitrogen and oxygen atoms in total. The van der Waals surface area contributed by atoms with E-state index in [0.717, 1.165) is 0 Å². The number of hydrogen-bond donors (Lipinski definition) is 2. The van der Waals surface area contributed by atoms with Crippen LogP contribution < -0.4 is 4.74 Å². The molecule has 0 heterocycles. The molecule has 6 heteroatoms. The predicted molar refractivity (Wildman–Crippen MR) is 63.0 cm³/mol. The normalized spacial score (nSPS) is 11.1. The van der Waals surface area contributed by atoms with E-state index >= 15 is 0 Å². The molecule has 0 radical (unpaired) electrons. The average Bonchev–Trinajstić information content (AvgIpc) is 2.38. The Morgan fingerprint density at radius 1 is 1.41 bits per heavy atom. The molecule has 2 N–H and O–H groups in total. The third kappa shape index (κ3) is 5.28. The molecule has 0 amide bonds. The summed E-state index contributed by atoms with van der Waals surface area (Å²) < 4.78 is 5.00. The first kappa shape index (κ1) is 15.3. The van der Waals surface area contributed by atoms with Gasteiger partial charge in [0, 0.05) is 6.07 Å². The molecule has 1 aromatic carbocycles. The minimum Gasteiger partial charge on any atom is -0.484 e. The second-order valence-electron chi connectivity index (χ2n) is 2.87. The molecule has 1 atom stereocenters. The Balaban J connectivity index is 0.00000121. The van der Waals surface area contributed by atoms with Crippen LogP contribution >= 0.6 is 0 Å². The highest BCUT2D eigenvalue weighted by molar-refractivity contribution is 5.45. The van der Waals surface area contributed by atoms with Crippen LogP contribution in [0.25, 0.3) is 0 Å². The molecule has 1 rings (SSSR count). The molecule has 1 unspecified atom stereocenters. The minimum atomic E-state index is -1.04. The number of hydrogen-bond acceptors (Lipinski definition) is 5. The molecular weight excluding hydrogens is 226 g/mol. The van der Waals surface area contributed by atoms with Gasteiger partial charge < -0.3 is 14.9 Å². The summed E-state index contributed by atoms with van der Waals surface area (Å²) in [4.78, 5) is 9.98. The molecule has 0 saturated carbocycles. The summed E-state index contributed by atoms with van der Waals surface area (Å²) in [6.07, 6.45) is -1.04. The Bertz CT molecular complexity index is 342. The molecule has 0 fully saturated rings. The van der Waals surface area contributed by atoms with E-state index in [1.54, 1.807) is 6.07 Å². The van der Waals surface area contributed by atoms with Crippen LogP contribution in [0.15, 0.2) is 24.3 Å². The van der Waals surface area contributed by atoms with Gasteiger partial charge >= 0.3 is 5.69 Å². The highest BCUT2D eigenvalue weighted by Crippen LogP contribution is 2.25. The third-order valence-electron chi connectivity index (χ3n) is 1.70. The fourth-order valence-electron chi connectivity index (χ4n) is 0.969. The van der Waals surface area contributed by atoms with Crippen LogP contribution in [0.5, 0.6) is 5.75 Å². The van der Waals surface area contributed by atoms with Crippen LogP contribution in [0.3, 0.4) is 0 Å². The average molecular weight is 243 g/mol. The second-order valence-corrected chi connectivity index (χ2v) is 2.87. The zero-order valence-electron chi connectivity index (χ0n) is 9.87. The van der Waals surface area contributed by atoms with Gasteiger partial charge in [0.15, 0.2) is 5.75 Å². The van der Waals surface area contributed by atoms with Gasteiger partial charge in [-0.1, -0.05) is 26.0 Å². The van der Waals surface area contributed by atoms with E-state index < -0.39 is 17.6 Å². The Kier molecular flexibility index (Phi) is 7.66. The molecule has 0 aliphatic rings. The standard InChI is InChI=1S/C9H11NO5.C2H6/c11-5-7(12)6-15-9-4-2-1-3-8(9)10(13)14;1-2/h1-4,7,11-12H,5-6H2;1-2H3. The Morgan fingerprint density at radius 2 is 2.00 bits per heavy atom. The van der Waals surface area contributed by atoms with E-state index in [0.29, 0.717) is 0 Å². The number of rotatable bonds is 5. The van der Waals surface area contributed by atoms with Gasteiger partial charge in [0.1, 0.15) is 12.7 Å². The summed E-state index contributed by atoms with van der Waals surface area (Å²) in [5.74, 6) is 0.0787. The Hall–Kier alpha value is -1.66. The zero-order chi connectivity index (χ0) is 13.3. The molecule has 1 aromatic rings. The van der Waals surface area contributed by atoms with Crippen molar-refractivity contribution in [2.75, 3.05) is 13.2 Å². The lowest BCUT2D eigenvalue weighted by Crippen LogP contribution is -2.21. The molecule has 0 aromatic heterocycles. The van der Waals surface area contributed by atoms with Gasteiger partial charge in [-0.15, -0.1) is 0 Å². The van der Waals surface area contributed by atoms with Crippen molar-refractivity contribution in [1.29, 1.82) is 0 Å². The molecule has 96 valence electrons. The van der Waals surface area contributed by atoms with Crippen molar-refractivity contribution in [2.45, 2.75) is 20.0 Å². The monoisotopic (exact) mass is 243 g/mol. The van der Waals surface area contributed by atoms with Gasteiger partial charge in [0.05, 0.1) is 11.5 Å². The number of aliphatic hydroxyl groups excluding tert-OH is 2. The smallest absolute Gasteiger partial charge is 0.310 e. The number of para-hydroxylation sites is 2. The van der Waals surface area contributed by atoms with Crippen LogP contribution in [0, 0.1) is 10.1 Å².